The SMILES string of the molecule is CN1Cc2ccccc2C[C@H]1C(=O)N1CCN(CCOc2ccccc2)CC1. The molecule has 2 aromatic carbocycles. The Bertz CT molecular complexity index is 787. The summed E-state index contributed by atoms with van der Waals surface area (Å²) in [6.45, 7) is 5.86. The molecule has 2 heterocycles. The highest BCUT2D eigenvalue weighted by atomic mass is 16.5. The maximum absolute atomic E-state index is 13.1. The molecule has 0 spiro atoms. The lowest BCUT2D eigenvalue weighted by atomic mass is 9.93. The Morgan fingerprint density at radius 1 is 0.964 bits per heavy atom. The van der Waals surface area contributed by atoms with E-state index in [9.17, 15) is 4.79 Å². The van der Waals surface area contributed by atoms with Crippen molar-refractivity contribution >= 4 is 5.91 Å². The zero-order valence-corrected chi connectivity index (χ0v) is 16.6. The van der Waals surface area contributed by atoms with Crippen LogP contribution in [0.2, 0.25) is 0 Å². The van der Waals surface area contributed by atoms with Gasteiger partial charge in [-0.1, -0.05) is 42.5 Å². The number of carbonyl (C=O) groups excluding carboxylic acids is 1. The minimum absolute atomic E-state index is 0.0390. The third kappa shape index (κ3) is 4.37. The molecule has 1 amide bonds. The van der Waals surface area contributed by atoms with Crippen LogP contribution in [0.5, 0.6) is 5.75 Å². The van der Waals surface area contributed by atoms with Gasteiger partial charge in [0.15, 0.2) is 0 Å². The van der Waals surface area contributed by atoms with Crippen molar-refractivity contribution in [1.82, 2.24) is 14.7 Å². The Kier molecular flexibility index (Phi) is 5.93. The Labute approximate surface area is 167 Å². The van der Waals surface area contributed by atoms with E-state index in [2.05, 4.69) is 41.1 Å². The minimum Gasteiger partial charge on any atom is -0.492 e. The number of amides is 1. The molecule has 2 aromatic rings. The van der Waals surface area contributed by atoms with Crippen molar-refractivity contribution in [2.75, 3.05) is 46.4 Å². The first-order valence-electron chi connectivity index (χ1n) is 10.2. The van der Waals surface area contributed by atoms with Gasteiger partial charge in [-0.15, -0.1) is 0 Å². The number of nitrogens with zero attached hydrogens (tertiary/aromatic N) is 3. The average molecular weight is 380 g/mol. The summed E-state index contributed by atoms with van der Waals surface area (Å²) in [6, 6.07) is 18.4. The number of rotatable bonds is 5. The number of likely N-dealkylation sites (N-methyl/N-ethyl adjacent to an activating group) is 1. The average Bonchev–Trinajstić information content (AvgIpc) is 2.74. The molecule has 5 nitrogen and oxygen atoms in total. The fourth-order valence-electron chi connectivity index (χ4n) is 4.14. The second-order valence-corrected chi connectivity index (χ2v) is 7.73. The number of hydrogen-bond donors (Lipinski definition) is 0. The summed E-state index contributed by atoms with van der Waals surface area (Å²) in [5, 5.41) is 0. The summed E-state index contributed by atoms with van der Waals surface area (Å²) < 4.78 is 5.80. The molecule has 1 atom stereocenters. The summed E-state index contributed by atoms with van der Waals surface area (Å²) in [5.74, 6) is 1.19. The van der Waals surface area contributed by atoms with Gasteiger partial charge in [0.1, 0.15) is 12.4 Å². The summed E-state index contributed by atoms with van der Waals surface area (Å²) >= 11 is 0. The van der Waals surface area contributed by atoms with Crippen LogP contribution in [0, 0.1) is 0 Å². The van der Waals surface area contributed by atoms with Crippen LogP contribution < -0.4 is 4.74 Å². The van der Waals surface area contributed by atoms with Gasteiger partial charge in [0.05, 0.1) is 6.04 Å². The number of fused-ring (bicyclic) bond motifs is 1. The van der Waals surface area contributed by atoms with Crippen molar-refractivity contribution in [1.29, 1.82) is 0 Å². The number of piperazine rings is 1. The zero-order valence-electron chi connectivity index (χ0n) is 16.6. The lowest BCUT2D eigenvalue weighted by Gasteiger charge is -2.40. The lowest BCUT2D eigenvalue weighted by Crippen LogP contribution is -2.56. The van der Waals surface area contributed by atoms with Crippen molar-refractivity contribution in [2.24, 2.45) is 0 Å². The van der Waals surface area contributed by atoms with Crippen LogP contribution in [-0.4, -0.2) is 73.0 Å². The van der Waals surface area contributed by atoms with Gasteiger partial charge in [-0.05, 0) is 36.7 Å². The maximum atomic E-state index is 13.1. The third-order valence-corrected chi connectivity index (χ3v) is 5.87. The van der Waals surface area contributed by atoms with E-state index < -0.39 is 0 Å². The highest BCUT2D eigenvalue weighted by Crippen LogP contribution is 2.23. The van der Waals surface area contributed by atoms with Gasteiger partial charge in [0.25, 0.3) is 0 Å². The van der Waals surface area contributed by atoms with Gasteiger partial charge in [-0.3, -0.25) is 14.6 Å². The Morgan fingerprint density at radius 3 is 2.39 bits per heavy atom. The number of ether oxygens (including phenoxy) is 1. The first-order chi connectivity index (χ1) is 13.7. The van der Waals surface area contributed by atoms with Gasteiger partial charge in [0.2, 0.25) is 5.91 Å². The van der Waals surface area contributed by atoms with Gasteiger partial charge in [0, 0.05) is 39.3 Å². The molecule has 0 aromatic heterocycles. The van der Waals surface area contributed by atoms with Crippen molar-refractivity contribution in [3.05, 3.63) is 65.7 Å². The summed E-state index contributed by atoms with van der Waals surface area (Å²) in [6.07, 6.45) is 0.816. The summed E-state index contributed by atoms with van der Waals surface area (Å²) in [5.41, 5.74) is 2.66. The van der Waals surface area contributed by atoms with Crippen LogP contribution in [0.3, 0.4) is 0 Å². The predicted molar refractivity (Wildman–Crippen MR) is 110 cm³/mol. The molecule has 4 rings (SSSR count). The number of benzene rings is 2. The van der Waals surface area contributed by atoms with E-state index in [1.807, 2.05) is 35.2 Å². The Hall–Kier alpha value is -2.37. The monoisotopic (exact) mass is 379 g/mol. The van der Waals surface area contributed by atoms with Crippen molar-refractivity contribution < 1.29 is 9.53 Å². The second-order valence-electron chi connectivity index (χ2n) is 7.73. The van der Waals surface area contributed by atoms with Gasteiger partial charge in [-0.2, -0.15) is 0 Å². The van der Waals surface area contributed by atoms with E-state index in [1.54, 1.807) is 0 Å². The van der Waals surface area contributed by atoms with E-state index in [0.29, 0.717) is 6.61 Å². The standard InChI is InChI=1S/C23H29N3O2/c1-24-18-20-8-6-5-7-19(20)17-22(24)23(27)26-13-11-25(12-14-26)15-16-28-21-9-3-2-4-10-21/h2-10,22H,11-18H2,1H3/t22-/m0/s1. The normalized spacial score (nSPS) is 20.6. The molecular formula is C23H29N3O2. The molecule has 1 saturated heterocycles. The molecule has 0 N–H and O–H groups in total. The zero-order chi connectivity index (χ0) is 19.3. The fourth-order valence-corrected chi connectivity index (χ4v) is 4.14. The lowest BCUT2D eigenvalue weighted by molar-refractivity contribution is -0.138. The van der Waals surface area contributed by atoms with Gasteiger partial charge < -0.3 is 9.64 Å². The predicted octanol–water partition coefficient (Wildman–Crippen LogP) is 2.27. The molecule has 0 bridgehead atoms. The summed E-state index contributed by atoms with van der Waals surface area (Å²) in [4.78, 5) is 19.7. The van der Waals surface area contributed by atoms with E-state index in [0.717, 1.165) is 51.4 Å². The van der Waals surface area contributed by atoms with E-state index in [-0.39, 0.29) is 11.9 Å². The molecule has 148 valence electrons. The molecule has 0 aliphatic carbocycles. The molecule has 5 heteroatoms. The highest BCUT2D eigenvalue weighted by Gasteiger charge is 2.33. The first kappa shape index (κ1) is 19.0. The molecule has 2 aliphatic heterocycles. The molecule has 0 unspecified atom stereocenters. The van der Waals surface area contributed by atoms with Crippen molar-refractivity contribution in [3.8, 4) is 5.75 Å². The summed E-state index contributed by atoms with van der Waals surface area (Å²) in [7, 11) is 2.07. The molecule has 28 heavy (non-hydrogen) atoms. The largest absolute Gasteiger partial charge is 0.492 e. The van der Waals surface area contributed by atoms with Gasteiger partial charge in [-0.25, -0.2) is 0 Å². The molecular weight excluding hydrogens is 350 g/mol. The van der Waals surface area contributed by atoms with Crippen molar-refractivity contribution in [2.45, 2.75) is 19.0 Å². The van der Waals surface area contributed by atoms with Gasteiger partial charge >= 0.3 is 0 Å². The minimum atomic E-state index is -0.0390. The van der Waals surface area contributed by atoms with E-state index >= 15 is 0 Å². The smallest absolute Gasteiger partial charge is 0.240 e. The fraction of sp³-hybridized carbons (Fsp3) is 0.435. The number of para-hydroxylation sites is 1. The number of hydrogen-bond acceptors (Lipinski definition) is 4. The topological polar surface area (TPSA) is 36.0 Å². The molecule has 2 aliphatic rings. The van der Waals surface area contributed by atoms with Crippen LogP contribution in [0.4, 0.5) is 0 Å². The van der Waals surface area contributed by atoms with Crippen LogP contribution >= 0.6 is 0 Å². The second kappa shape index (κ2) is 8.76. The third-order valence-electron chi connectivity index (χ3n) is 5.87. The Balaban J connectivity index is 1.25. The van der Waals surface area contributed by atoms with Crippen LogP contribution in [-0.2, 0) is 17.8 Å². The number of carbonyl (C=O) groups is 1. The van der Waals surface area contributed by atoms with Crippen molar-refractivity contribution in [3.63, 3.8) is 0 Å². The molecule has 1 fully saturated rings. The molecule has 0 saturated carbocycles. The van der Waals surface area contributed by atoms with E-state index in [1.165, 1.54) is 11.1 Å². The molecule has 0 radical (unpaired) electrons. The maximum Gasteiger partial charge on any atom is 0.240 e. The van der Waals surface area contributed by atoms with E-state index in [4.69, 9.17) is 4.74 Å². The first-order valence-corrected chi connectivity index (χ1v) is 10.2. The van der Waals surface area contributed by atoms with Crippen LogP contribution in [0.25, 0.3) is 0 Å². The highest BCUT2D eigenvalue weighted by molar-refractivity contribution is 5.82. The van der Waals surface area contributed by atoms with Crippen LogP contribution in [0.15, 0.2) is 54.6 Å². The van der Waals surface area contributed by atoms with Crippen LogP contribution in [0.1, 0.15) is 11.1 Å². The quantitative estimate of drug-likeness (QED) is 0.799. The Morgan fingerprint density at radius 2 is 1.64 bits per heavy atom.